The number of nitrogens with one attached hydrogen (secondary N) is 1. The first kappa shape index (κ1) is 23.0. The summed E-state index contributed by atoms with van der Waals surface area (Å²) in [6, 6.07) is 16.4. The molecule has 0 aliphatic rings. The maximum atomic E-state index is 12.8. The van der Waals surface area contributed by atoms with Crippen molar-refractivity contribution >= 4 is 5.91 Å². The summed E-state index contributed by atoms with van der Waals surface area (Å²) in [5.74, 6) is 0.641. The first-order valence-corrected chi connectivity index (χ1v) is 10.6. The second-order valence-electron chi connectivity index (χ2n) is 9.89. The highest BCUT2D eigenvalue weighted by molar-refractivity contribution is 5.81. The van der Waals surface area contributed by atoms with Crippen molar-refractivity contribution in [2.45, 2.75) is 84.8 Å². The topological polar surface area (TPSA) is 38.3 Å². The van der Waals surface area contributed by atoms with E-state index < -0.39 is 6.10 Å². The molecule has 0 aromatic heterocycles. The Hall–Kier alpha value is -2.29. The van der Waals surface area contributed by atoms with Crippen LogP contribution >= 0.6 is 0 Å². The van der Waals surface area contributed by atoms with E-state index in [1.807, 2.05) is 26.0 Å². The highest BCUT2D eigenvalue weighted by atomic mass is 16.5. The van der Waals surface area contributed by atoms with E-state index in [4.69, 9.17) is 4.74 Å². The fourth-order valence-corrected chi connectivity index (χ4v) is 3.18. The Morgan fingerprint density at radius 1 is 0.862 bits per heavy atom. The molecular weight excluding hydrogens is 358 g/mol. The van der Waals surface area contributed by atoms with Gasteiger partial charge in [0.15, 0.2) is 6.10 Å². The molecule has 2 aromatic rings. The van der Waals surface area contributed by atoms with Gasteiger partial charge >= 0.3 is 0 Å². The molecule has 0 radical (unpaired) electrons. The molecule has 1 N–H and O–H groups in total. The molecule has 0 spiro atoms. The number of amides is 1. The molecule has 0 fully saturated rings. The number of hydrogen-bond acceptors (Lipinski definition) is 2. The zero-order valence-corrected chi connectivity index (χ0v) is 19.3. The van der Waals surface area contributed by atoms with Crippen molar-refractivity contribution in [2.75, 3.05) is 0 Å². The average molecular weight is 396 g/mol. The van der Waals surface area contributed by atoms with E-state index in [-0.39, 0.29) is 22.8 Å². The lowest BCUT2D eigenvalue weighted by molar-refractivity contribution is -0.128. The smallest absolute Gasteiger partial charge is 0.261 e. The van der Waals surface area contributed by atoms with Gasteiger partial charge in [0.25, 0.3) is 5.91 Å². The lowest BCUT2D eigenvalue weighted by atomic mass is 9.86. The summed E-state index contributed by atoms with van der Waals surface area (Å²) in [5, 5.41) is 3.10. The normalized spacial score (nSPS) is 14.2. The van der Waals surface area contributed by atoms with Crippen LogP contribution in [0.5, 0.6) is 5.75 Å². The fourth-order valence-electron chi connectivity index (χ4n) is 3.18. The van der Waals surface area contributed by atoms with Crippen LogP contribution in [-0.4, -0.2) is 12.0 Å². The molecule has 2 rings (SSSR count). The summed E-state index contributed by atoms with van der Waals surface area (Å²) in [6.07, 6.45) is 0.106. The SMILES string of the molecule is CCC(Oc1ccc(C(C)(C)C)cc1)C(=O)NC(C)c1ccc(C(C)(C)C)cc1. The highest BCUT2D eigenvalue weighted by Gasteiger charge is 2.22. The van der Waals surface area contributed by atoms with Crippen molar-refractivity contribution in [3.8, 4) is 5.75 Å². The summed E-state index contributed by atoms with van der Waals surface area (Å²) in [7, 11) is 0. The first-order valence-electron chi connectivity index (χ1n) is 10.6. The fraction of sp³-hybridized carbons (Fsp3) is 0.500. The molecule has 3 heteroatoms. The van der Waals surface area contributed by atoms with Gasteiger partial charge < -0.3 is 10.1 Å². The van der Waals surface area contributed by atoms with E-state index in [1.165, 1.54) is 11.1 Å². The molecule has 0 saturated carbocycles. The standard InChI is InChI=1S/C26H37NO2/c1-9-23(29-22-16-14-21(15-17-22)26(6,7)8)24(28)27-18(2)19-10-12-20(13-11-19)25(3,4)5/h10-18,23H,9H2,1-8H3,(H,27,28). The van der Waals surface area contributed by atoms with E-state index in [2.05, 4.69) is 83.3 Å². The van der Waals surface area contributed by atoms with Gasteiger partial charge in [-0.3, -0.25) is 4.79 Å². The van der Waals surface area contributed by atoms with Crippen LogP contribution in [0.3, 0.4) is 0 Å². The van der Waals surface area contributed by atoms with Crippen molar-refractivity contribution in [3.05, 3.63) is 65.2 Å². The van der Waals surface area contributed by atoms with Gasteiger partial charge in [0.1, 0.15) is 5.75 Å². The molecule has 1 amide bonds. The second-order valence-corrected chi connectivity index (χ2v) is 9.89. The molecule has 158 valence electrons. The number of carbonyl (C=O) groups is 1. The minimum atomic E-state index is -0.508. The summed E-state index contributed by atoms with van der Waals surface area (Å²) in [6.45, 7) is 17.1. The van der Waals surface area contributed by atoms with Gasteiger partial charge in [0.05, 0.1) is 6.04 Å². The predicted octanol–water partition coefficient (Wildman–Crippen LogP) is 6.32. The Morgan fingerprint density at radius 2 is 1.31 bits per heavy atom. The van der Waals surface area contributed by atoms with Crippen LogP contribution in [0.4, 0.5) is 0 Å². The van der Waals surface area contributed by atoms with E-state index in [0.29, 0.717) is 6.42 Å². The van der Waals surface area contributed by atoms with Crippen LogP contribution in [0.2, 0.25) is 0 Å². The van der Waals surface area contributed by atoms with E-state index in [9.17, 15) is 4.79 Å². The molecule has 0 saturated heterocycles. The molecule has 2 atom stereocenters. The molecule has 0 aliphatic carbocycles. The van der Waals surface area contributed by atoms with Gasteiger partial charge in [-0.2, -0.15) is 0 Å². The summed E-state index contributed by atoms with van der Waals surface area (Å²) >= 11 is 0. The van der Waals surface area contributed by atoms with Crippen molar-refractivity contribution in [1.82, 2.24) is 5.32 Å². The largest absolute Gasteiger partial charge is 0.481 e. The number of carbonyl (C=O) groups excluding carboxylic acids is 1. The molecule has 0 heterocycles. The summed E-state index contributed by atoms with van der Waals surface area (Å²) in [4.78, 5) is 12.8. The third-order valence-corrected chi connectivity index (χ3v) is 5.30. The van der Waals surface area contributed by atoms with E-state index in [1.54, 1.807) is 0 Å². The molecule has 2 unspecified atom stereocenters. The Bertz CT molecular complexity index is 793. The molecule has 2 aromatic carbocycles. The number of ether oxygens (including phenoxy) is 1. The molecular formula is C26H37NO2. The van der Waals surface area contributed by atoms with Gasteiger partial charge in [-0.15, -0.1) is 0 Å². The first-order chi connectivity index (χ1) is 13.4. The minimum Gasteiger partial charge on any atom is -0.481 e. The Balaban J connectivity index is 2.02. The van der Waals surface area contributed by atoms with Gasteiger partial charge in [-0.1, -0.05) is 84.9 Å². The van der Waals surface area contributed by atoms with Crippen LogP contribution in [0.15, 0.2) is 48.5 Å². The van der Waals surface area contributed by atoms with E-state index >= 15 is 0 Å². The second kappa shape index (κ2) is 9.02. The van der Waals surface area contributed by atoms with Crippen molar-refractivity contribution in [3.63, 3.8) is 0 Å². The van der Waals surface area contributed by atoms with Crippen LogP contribution in [0.25, 0.3) is 0 Å². The van der Waals surface area contributed by atoms with Crippen molar-refractivity contribution < 1.29 is 9.53 Å². The Morgan fingerprint density at radius 3 is 1.72 bits per heavy atom. The van der Waals surface area contributed by atoms with E-state index in [0.717, 1.165) is 11.3 Å². The summed E-state index contributed by atoms with van der Waals surface area (Å²) in [5.41, 5.74) is 3.84. The van der Waals surface area contributed by atoms with Crippen LogP contribution in [-0.2, 0) is 15.6 Å². The molecule has 0 aliphatic heterocycles. The lowest BCUT2D eigenvalue weighted by Crippen LogP contribution is -2.39. The number of hydrogen-bond donors (Lipinski definition) is 1. The minimum absolute atomic E-state index is 0.0718. The lowest BCUT2D eigenvalue weighted by Gasteiger charge is -2.23. The van der Waals surface area contributed by atoms with Gasteiger partial charge in [0.2, 0.25) is 0 Å². The van der Waals surface area contributed by atoms with Crippen LogP contribution < -0.4 is 10.1 Å². The number of rotatable bonds is 6. The molecule has 29 heavy (non-hydrogen) atoms. The number of benzene rings is 2. The Kier molecular flexibility index (Phi) is 7.15. The molecule has 3 nitrogen and oxygen atoms in total. The third-order valence-electron chi connectivity index (χ3n) is 5.30. The zero-order chi connectivity index (χ0) is 21.8. The molecule has 0 bridgehead atoms. The predicted molar refractivity (Wildman–Crippen MR) is 122 cm³/mol. The van der Waals surface area contributed by atoms with Gasteiger partial charge in [0, 0.05) is 0 Å². The van der Waals surface area contributed by atoms with Gasteiger partial charge in [-0.25, -0.2) is 0 Å². The zero-order valence-electron chi connectivity index (χ0n) is 19.3. The van der Waals surface area contributed by atoms with Crippen molar-refractivity contribution in [1.29, 1.82) is 0 Å². The highest BCUT2D eigenvalue weighted by Crippen LogP contribution is 2.26. The average Bonchev–Trinajstić information content (AvgIpc) is 2.65. The monoisotopic (exact) mass is 395 g/mol. The van der Waals surface area contributed by atoms with Crippen molar-refractivity contribution in [2.24, 2.45) is 0 Å². The Labute approximate surface area is 176 Å². The maximum absolute atomic E-state index is 12.8. The third kappa shape index (κ3) is 6.35. The van der Waals surface area contributed by atoms with Crippen LogP contribution in [0.1, 0.15) is 84.5 Å². The quantitative estimate of drug-likeness (QED) is 0.622. The van der Waals surface area contributed by atoms with Crippen LogP contribution in [0, 0.1) is 0 Å². The summed E-state index contributed by atoms with van der Waals surface area (Å²) < 4.78 is 5.98. The van der Waals surface area contributed by atoms with Gasteiger partial charge in [-0.05, 0) is 53.0 Å². The maximum Gasteiger partial charge on any atom is 0.261 e.